The molecule has 34 heavy (non-hydrogen) atoms. The molecule has 4 heterocycles. The summed E-state index contributed by atoms with van der Waals surface area (Å²) < 4.78 is 7.47. The van der Waals surface area contributed by atoms with Crippen LogP contribution in [-0.4, -0.2) is 52.1 Å². The van der Waals surface area contributed by atoms with Gasteiger partial charge in [0.1, 0.15) is 5.82 Å². The number of ether oxygens (including phenoxy) is 1. The van der Waals surface area contributed by atoms with E-state index in [1.165, 1.54) is 5.56 Å². The van der Waals surface area contributed by atoms with Crippen molar-refractivity contribution >= 4 is 34.4 Å². The van der Waals surface area contributed by atoms with Crippen molar-refractivity contribution in [3.05, 3.63) is 78.0 Å². The highest BCUT2D eigenvalue weighted by molar-refractivity contribution is 5.99. The number of hydrazone groups is 1. The quantitative estimate of drug-likeness (QED) is 0.304. The monoisotopic (exact) mass is 451 g/mol. The van der Waals surface area contributed by atoms with Gasteiger partial charge in [-0.1, -0.05) is 48.0 Å². The number of morpholine rings is 1. The molecular formula is C26H25N7O. The molecule has 1 fully saturated rings. The lowest BCUT2D eigenvalue weighted by Crippen LogP contribution is -2.37. The topological polar surface area (TPSA) is 82.8 Å². The normalized spacial score (nSPS) is 14.4. The fraction of sp³-hybridized carbons (Fsp3) is 0.192. The van der Waals surface area contributed by atoms with Crippen LogP contribution in [0, 0.1) is 6.92 Å². The molecule has 0 amide bonds. The molecule has 2 N–H and O–H groups in total. The predicted octanol–water partition coefficient (Wildman–Crippen LogP) is 4.47. The van der Waals surface area contributed by atoms with Crippen LogP contribution in [0.15, 0.2) is 72.0 Å². The number of hydrogen-bond acceptors (Lipinski definition) is 6. The van der Waals surface area contributed by atoms with Crippen molar-refractivity contribution in [2.75, 3.05) is 36.6 Å². The predicted molar refractivity (Wildman–Crippen MR) is 136 cm³/mol. The summed E-state index contributed by atoms with van der Waals surface area (Å²) in [5.41, 5.74) is 9.17. The third-order valence-corrected chi connectivity index (χ3v) is 6.09. The summed E-state index contributed by atoms with van der Waals surface area (Å²) >= 11 is 0. The second-order valence-electron chi connectivity index (χ2n) is 8.42. The van der Waals surface area contributed by atoms with Gasteiger partial charge in [0.25, 0.3) is 0 Å². The molecule has 2 aromatic carbocycles. The molecule has 0 aliphatic carbocycles. The Labute approximate surface area is 196 Å². The van der Waals surface area contributed by atoms with Gasteiger partial charge in [-0.3, -0.25) is 5.43 Å². The largest absolute Gasteiger partial charge is 0.378 e. The summed E-state index contributed by atoms with van der Waals surface area (Å²) in [6, 6.07) is 20.6. The molecule has 8 nitrogen and oxygen atoms in total. The van der Waals surface area contributed by atoms with Gasteiger partial charge in [0.05, 0.1) is 25.1 Å². The second-order valence-corrected chi connectivity index (χ2v) is 8.42. The first-order chi connectivity index (χ1) is 16.7. The molecule has 0 radical (unpaired) electrons. The summed E-state index contributed by atoms with van der Waals surface area (Å²) in [4.78, 5) is 10.3. The maximum absolute atomic E-state index is 5.56. The number of benzene rings is 2. The average molecular weight is 452 g/mol. The van der Waals surface area contributed by atoms with Crippen LogP contribution in [0.1, 0.15) is 11.1 Å². The number of para-hydroxylation sites is 1. The van der Waals surface area contributed by atoms with Crippen molar-refractivity contribution in [3.8, 4) is 11.3 Å². The highest BCUT2D eigenvalue weighted by Crippen LogP contribution is 2.26. The third-order valence-electron chi connectivity index (χ3n) is 6.09. The van der Waals surface area contributed by atoms with Crippen LogP contribution < -0.4 is 10.3 Å². The van der Waals surface area contributed by atoms with E-state index in [-0.39, 0.29) is 0 Å². The zero-order chi connectivity index (χ0) is 22.9. The zero-order valence-corrected chi connectivity index (χ0v) is 18.9. The van der Waals surface area contributed by atoms with Gasteiger partial charge in [-0.05, 0) is 13.0 Å². The van der Waals surface area contributed by atoms with Crippen LogP contribution in [0.5, 0.6) is 0 Å². The molecule has 1 aliphatic heterocycles. The lowest BCUT2D eigenvalue weighted by atomic mass is 10.1. The maximum atomic E-state index is 5.56. The van der Waals surface area contributed by atoms with Crippen LogP contribution in [0.2, 0.25) is 0 Å². The maximum Gasteiger partial charge on any atom is 0.160 e. The lowest BCUT2D eigenvalue weighted by Gasteiger charge is -2.29. The van der Waals surface area contributed by atoms with Crippen molar-refractivity contribution in [1.29, 1.82) is 0 Å². The van der Waals surface area contributed by atoms with Crippen molar-refractivity contribution in [1.82, 2.24) is 19.6 Å². The Kier molecular flexibility index (Phi) is 5.20. The second kappa shape index (κ2) is 8.64. The minimum atomic E-state index is 0.667. The smallest absolute Gasteiger partial charge is 0.160 e. The van der Waals surface area contributed by atoms with Gasteiger partial charge in [0.2, 0.25) is 0 Å². The van der Waals surface area contributed by atoms with Crippen molar-refractivity contribution in [2.24, 2.45) is 5.10 Å². The number of fused-ring (bicyclic) bond motifs is 2. The number of aromatic amines is 1. The van der Waals surface area contributed by atoms with Gasteiger partial charge >= 0.3 is 0 Å². The van der Waals surface area contributed by atoms with Gasteiger partial charge in [-0.2, -0.15) is 14.7 Å². The van der Waals surface area contributed by atoms with Gasteiger partial charge in [-0.15, -0.1) is 0 Å². The van der Waals surface area contributed by atoms with Crippen LogP contribution >= 0.6 is 0 Å². The van der Waals surface area contributed by atoms with Gasteiger partial charge in [0, 0.05) is 53.4 Å². The number of hydrogen-bond donors (Lipinski definition) is 2. The summed E-state index contributed by atoms with van der Waals surface area (Å²) in [7, 11) is 0. The molecule has 0 spiro atoms. The standard InChI is InChI=1S/C26H25N7O/c1-18-6-8-19(9-7-18)23-14-25-29-24(15-26(33(25)31-23)32-10-12-34-13-11-32)30-28-17-20-16-27-22-5-3-2-4-21(20)22/h2-9,14-17,27H,10-13H2,1H3,(H,29,30)/b28-17-. The Morgan fingerprint density at radius 3 is 2.74 bits per heavy atom. The van der Waals surface area contributed by atoms with E-state index in [1.807, 2.05) is 41.2 Å². The molecule has 5 aromatic rings. The summed E-state index contributed by atoms with van der Waals surface area (Å²) in [6.45, 7) is 5.07. The van der Waals surface area contributed by atoms with Gasteiger partial charge < -0.3 is 14.6 Å². The SMILES string of the molecule is Cc1ccc(-c2cc3nc(N/N=C\c4c[nH]c5ccccc45)cc(N4CCOCC4)n3n2)cc1. The number of aromatic nitrogens is 4. The number of H-pyrrole nitrogens is 1. The minimum absolute atomic E-state index is 0.667. The Hall–Kier alpha value is -4.17. The van der Waals surface area contributed by atoms with E-state index in [9.17, 15) is 0 Å². The van der Waals surface area contributed by atoms with E-state index < -0.39 is 0 Å². The fourth-order valence-corrected chi connectivity index (χ4v) is 4.27. The Morgan fingerprint density at radius 2 is 1.88 bits per heavy atom. The molecule has 1 aliphatic rings. The molecule has 0 saturated carbocycles. The van der Waals surface area contributed by atoms with E-state index in [1.54, 1.807) is 0 Å². The Bertz CT molecular complexity index is 1480. The van der Waals surface area contributed by atoms with Crippen molar-refractivity contribution < 1.29 is 4.74 Å². The van der Waals surface area contributed by atoms with Crippen molar-refractivity contribution in [2.45, 2.75) is 6.92 Å². The van der Waals surface area contributed by atoms with E-state index in [0.29, 0.717) is 19.0 Å². The van der Waals surface area contributed by atoms with E-state index in [2.05, 4.69) is 63.7 Å². The molecule has 1 saturated heterocycles. The first-order valence-corrected chi connectivity index (χ1v) is 11.4. The van der Waals surface area contributed by atoms with E-state index in [0.717, 1.165) is 52.3 Å². The molecule has 0 unspecified atom stereocenters. The lowest BCUT2D eigenvalue weighted by molar-refractivity contribution is 0.122. The Balaban J connectivity index is 1.36. The Morgan fingerprint density at radius 1 is 1.06 bits per heavy atom. The molecule has 0 atom stereocenters. The number of rotatable bonds is 5. The molecule has 6 rings (SSSR count). The first-order valence-electron chi connectivity index (χ1n) is 11.4. The van der Waals surface area contributed by atoms with Crippen LogP contribution in [0.3, 0.4) is 0 Å². The summed E-state index contributed by atoms with van der Waals surface area (Å²) in [5, 5.41) is 10.5. The highest BCUT2D eigenvalue weighted by Gasteiger charge is 2.18. The van der Waals surface area contributed by atoms with E-state index in [4.69, 9.17) is 14.8 Å². The number of anilines is 2. The van der Waals surface area contributed by atoms with Crippen molar-refractivity contribution in [3.63, 3.8) is 0 Å². The highest BCUT2D eigenvalue weighted by atomic mass is 16.5. The molecule has 0 bridgehead atoms. The molecule has 170 valence electrons. The fourth-order valence-electron chi connectivity index (χ4n) is 4.27. The minimum Gasteiger partial charge on any atom is -0.378 e. The van der Waals surface area contributed by atoms with E-state index >= 15 is 0 Å². The number of nitrogens with zero attached hydrogens (tertiary/aromatic N) is 5. The van der Waals surface area contributed by atoms with Gasteiger partial charge in [-0.25, -0.2) is 4.98 Å². The van der Waals surface area contributed by atoms with Crippen LogP contribution in [0.25, 0.3) is 27.8 Å². The first kappa shape index (κ1) is 20.4. The summed E-state index contributed by atoms with van der Waals surface area (Å²) in [6.07, 6.45) is 3.77. The van der Waals surface area contributed by atoms with Gasteiger partial charge in [0.15, 0.2) is 11.5 Å². The average Bonchev–Trinajstić information content (AvgIpc) is 3.49. The van der Waals surface area contributed by atoms with Crippen LogP contribution in [0.4, 0.5) is 11.6 Å². The third kappa shape index (κ3) is 3.88. The molecule has 3 aromatic heterocycles. The molecular weight excluding hydrogens is 426 g/mol. The number of nitrogens with one attached hydrogen (secondary N) is 2. The molecule has 8 heteroatoms. The number of aryl methyl sites for hydroxylation is 1. The van der Waals surface area contributed by atoms with Crippen LogP contribution in [-0.2, 0) is 4.74 Å². The summed E-state index contributed by atoms with van der Waals surface area (Å²) in [5.74, 6) is 1.64. The zero-order valence-electron chi connectivity index (χ0n) is 18.9.